The highest BCUT2D eigenvalue weighted by Gasteiger charge is 2.04. The molecule has 0 saturated heterocycles. The van der Waals surface area contributed by atoms with Gasteiger partial charge in [-0.1, -0.05) is 42.1 Å². The Morgan fingerprint density at radius 3 is 2.30 bits per heavy atom. The third-order valence-electron chi connectivity index (χ3n) is 3.42. The van der Waals surface area contributed by atoms with Crippen molar-refractivity contribution in [3.8, 4) is 11.3 Å². The number of hydrogen-bond donors (Lipinski definition) is 1. The minimum atomic E-state index is 0.935. The van der Waals surface area contributed by atoms with Crippen LogP contribution in [-0.2, 0) is 0 Å². The van der Waals surface area contributed by atoms with E-state index in [-0.39, 0.29) is 0 Å². The standard InChI is InChI=1S/C16H21N3S/c1-3-19(4-2)12-13-20-16-11-10-15(17-18-16)14-8-6-5-7-9-14/h5-11H,3-4,12-13H2,1-2H3/p+1. The molecule has 0 bridgehead atoms. The molecule has 0 fully saturated rings. The van der Waals surface area contributed by atoms with E-state index in [9.17, 15) is 0 Å². The molecule has 3 nitrogen and oxygen atoms in total. The number of rotatable bonds is 7. The summed E-state index contributed by atoms with van der Waals surface area (Å²) >= 11 is 1.79. The number of aromatic nitrogens is 2. The molecule has 1 aromatic carbocycles. The SMILES string of the molecule is CC[NH+](CC)CCSc1ccc(-c2ccccc2)nn1. The van der Waals surface area contributed by atoms with E-state index >= 15 is 0 Å². The summed E-state index contributed by atoms with van der Waals surface area (Å²) in [6, 6.07) is 14.3. The molecule has 2 aromatic rings. The van der Waals surface area contributed by atoms with Crippen LogP contribution in [0.2, 0.25) is 0 Å². The van der Waals surface area contributed by atoms with Crippen LogP contribution < -0.4 is 4.90 Å². The predicted molar refractivity (Wildman–Crippen MR) is 85.1 cm³/mol. The van der Waals surface area contributed by atoms with E-state index in [1.807, 2.05) is 18.2 Å². The molecule has 0 unspecified atom stereocenters. The smallest absolute Gasteiger partial charge is 0.119 e. The molecule has 0 saturated carbocycles. The molecule has 0 spiro atoms. The summed E-state index contributed by atoms with van der Waals surface area (Å²) in [5, 5.41) is 9.63. The highest BCUT2D eigenvalue weighted by molar-refractivity contribution is 7.99. The largest absolute Gasteiger partial charge is 0.335 e. The van der Waals surface area contributed by atoms with Gasteiger partial charge >= 0.3 is 0 Å². The minimum absolute atomic E-state index is 0.935. The van der Waals surface area contributed by atoms with E-state index in [1.165, 1.54) is 19.6 Å². The van der Waals surface area contributed by atoms with Crippen LogP contribution in [0.3, 0.4) is 0 Å². The Bertz CT molecular complexity index is 495. The van der Waals surface area contributed by atoms with Gasteiger partial charge in [0.25, 0.3) is 0 Å². The summed E-state index contributed by atoms with van der Waals surface area (Å²) in [4.78, 5) is 1.63. The Balaban J connectivity index is 1.89. The van der Waals surface area contributed by atoms with Crippen LogP contribution in [0.5, 0.6) is 0 Å². The van der Waals surface area contributed by atoms with Gasteiger partial charge in [0.05, 0.1) is 25.3 Å². The summed E-state index contributed by atoms with van der Waals surface area (Å²) in [6.07, 6.45) is 0. The molecule has 1 N–H and O–H groups in total. The second-order valence-electron chi connectivity index (χ2n) is 4.68. The molecule has 1 aromatic heterocycles. The van der Waals surface area contributed by atoms with Gasteiger partial charge in [-0.2, -0.15) is 0 Å². The normalized spacial score (nSPS) is 10.9. The third-order valence-corrected chi connectivity index (χ3v) is 4.34. The fraction of sp³-hybridized carbons (Fsp3) is 0.375. The lowest BCUT2D eigenvalue weighted by Crippen LogP contribution is -3.11. The number of hydrogen-bond acceptors (Lipinski definition) is 3. The Kier molecular flexibility index (Phi) is 6.02. The Labute approximate surface area is 125 Å². The van der Waals surface area contributed by atoms with Crippen molar-refractivity contribution in [2.45, 2.75) is 18.9 Å². The molecule has 1 heterocycles. The van der Waals surface area contributed by atoms with Crippen molar-refractivity contribution in [1.82, 2.24) is 10.2 Å². The monoisotopic (exact) mass is 288 g/mol. The third kappa shape index (κ3) is 4.32. The fourth-order valence-corrected chi connectivity index (χ4v) is 2.93. The molecular weight excluding hydrogens is 266 g/mol. The van der Waals surface area contributed by atoms with Crippen LogP contribution in [0.15, 0.2) is 47.5 Å². The zero-order chi connectivity index (χ0) is 14.2. The average Bonchev–Trinajstić information content (AvgIpc) is 2.53. The Morgan fingerprint density at radius 2 is 1.70 bits per heavy atom. The number of thioether (sulfide) groups is 1. The first kappa shape index (κ1) is 15.0. The van der Waals surface area contributed by atoms with Crippen LogP contribution >= 0.6 is 11.8 Å². The van der Waals surface area contributed by atoms with Gasteiger partial charge in [-0.25, -0.2) is 0 Å². The van der Waals surface area contributed by atoms with E-state index < -0.39 is 0 Å². The quantitative estimate of drug-likeness (QED) is 0.792. The maximum absolute atomic E-state index is 4.31. The first-order chi connectivity index (χ1) is 9.83. The van der Waals surface area contributed by atoms with E-state index in [0.29, 0.717) is 0 Å². The lowest BCUT2D eigenvalue weighted by molar-refractivity contribution is -0.893. The molecule has 4 heteroatoms. The van der Waals surface area contributed by atoms with Gasteiger partial charge in [-0.05, 0) is 26.0 Å². The zero-order valence-corrected chi connectivity index (χ0v) is 13.0. The first-order valence-corrected chi connectivity index (χ1v) is 8.17. The van der Waals surface area contributed by atoms with Crippen molar-refractivity contribution >= 4 is 11.8 Å². The van der Waals surface area contributed by atoms with Gasteiger partial charge in [0.15, 0.2) is 0 Å². The van der Waals surface area contributed by atoms with Gasteiger partial charge in [0.2, 0.25) is 0 Å². The van der Waals surface area contributed by atoms with Crippen LogP contribution in [0, 0.1) is 0 Å². The van der Waals surface area contributed by atoms with Crippen LogP contribution in [0.1, 0.15) is 13.8 Å². The maximum atomic E-state index is 4.31. The molecular formula is C16H22N3S+. The van der Waals surface area contributed by atoms with Crippen molar-refractivity contribution < 1.29 is 4.90 Å². The van der Waals surface area contributed by atoms with Crippen molar-refractivity contribution in [3.05, 3.63) is 42.5 Å². The van der Waals surface area contributed by atoms with Crippen molar-refractivity contribution in [2.24, 2.45) is 0 Å². The molecule has 0 radical (unpaired) electrons. The first-order valence-electron chi connectivity index (χ1n) is 7.19. The molecule has 20 heavy (non-hydrogen) atoms. The summed E-state index contributed by atoms with van der Waals surface area (Å²) in [5.41, 5.74) is 2.05. The molecule has 0 aliphatic rings. The lowest BCUT2D eigenvalue weighted by Gasteiger charge is -2.14. The highest BCUT2D eigenvalue weighted by Crippen LogP contribution is 2.18. The number of nitrogens with zero attached hydrogens (tertiary/aromatic N) is 2. The average molecular weight is 288 g/mol. The molecule has 0 aliphatic carbocycles. The van der Waals surface area contributed by atoms with Gasteiger partial charge < -0.3 is 4.90 Å². The fourth-order valence-electron chi connectivity index (χ4n) is 2.06. The number of quaternary nitrogens is 1. The van der Waals surface area contributed by atoms with Gasteiger partial charge in [0, 0.05) is 11.3 Å². The van der Waals surface area contributed by atoms with E-state index in [4.69, 9.17) is 0 Å². The molecule has 106 valence electrons. The second kappa shape index (κ2) is 8.02. The summed E-state index contributed by atoms with van der Waals surface area (Å²) in [5.74, 6) is 1.09. The number of benzene rings is 1. The van der Waals surface area contributed by atoms with Crippen LogP contribution in [0.25, 0.3) is 11.3 Å². The van der Waals surface area contributed by atoms with E-state index in [1.54, 1.807) is 16.7 Å². The minimum Gasteiger partial charge on any atom is -0.335 e. The van der Waals surface area contributed by atoms with Gasteiger partial charge in [-0.3, -0.25) is 0 Å². The number of nitrogens with one attached hydrogen (secondary N) is 1. The van der Waals surface area contributed by atoms with Gasteiger partial charge in [-0.15, -0.1) is 10.2 Å². The topological polar surface area (TPSA) is 30.2 Å². The summed E-state index contributed by atoms with van der Waals surface area (Å²) in [7, 11) is 0. The summed E-state index contributed by atoms with van der Waals surface area (Å²) in [6.45, 7) is 8.03. The van der Waals surface area contributed by atoms with Crippen molar-refractivity contribution in [2.75, 3.05) is 25.4 Å². The van der Waals surface area contributed by atoms with Crippen LogP contribution in [-0.4, -0.2) is 35.6 Å². The predicted octanol–water partition coefficient (Wildman–Crippen LogP) is 2.16. The Hall–Kier alpha value is -1.39. The summed E-state index contributed by atoms with van der Waals surface area (Å²) < 4.78 is 0. The zero-order valence-electron chi connectivity index (χ0n) is 12.2. The highest BCUT2D eigenvalue weighted by atomic mass is 32.2. The van der Waals surface area contributed by atoms with Gasteiger partial charge in [0.1, 0.15) is 5.03 Å². The lowest BCUT2D eigenvalue weighted by atomic mass is 10.1. The Morgan fingerprint density at radius 1 is 0.950 bits per heavy atom. The van der Waals surface area contributed by atoms with Crippen LogP contribution in [0.4, 0.5) is 0 Å². The molecule has 0 amide bonds. The molecule has 2 rings (SSSR count). The molecule has 0 aliphatic heterocycles. The molecule has 0 atom stereocenters. The van der Waals surface area contributed by atoms with E-state index in [2.05, 4.69) is 48.3 Å². The van der Waals surface area contributed by atoms with Crippen molar-refractivity contribution in [3.63, 3.8) is 0 Å². The maximum Gasteiger partial charge on any atom is 0.119 e. The van der Waals surface area contributed by atoms with E-state index in [0.717, 1.165) is 22.0 Å². The van der Waals surface area contributed by atoms with Crippen molar-refractivity contribution in [1.29, 1.82) is 0 Å². The second-order valence-corrected chi connectivity index (χ2v) is 5.79.